The Morgan fingerprint density at radius 2 is 2.10 bits per heavy atom. The van der Waals surface area contributed by atoms with Crippen LogP contribution >= 0.6 is 0 Å². The van der Waals surface area contributed by atoms with Crippen molar-refractivity contribution < 1.29 is 14.9 Å². The molecule has 3 rings (SSSR count). The molecule has 0 saturated carbocycles. The van der Waals surface area contributed by atoms with Gasteiger partial charge in [0.05, 0.1) is 13.4 Å². The van der Waals surface area contributed by atoms with E-state index in [4.69, 9.17) is 4.74 Å². The highest BCUT2D eigenvalue weighted by atomic mass is 16.5. The first-order valence-electron chi connectivity index (χ1n) is 6.16. The molecule has 0 radical (unpaired) electrons. The number of ether oxygens (including phenoxy) is 1. The van der Waals surface area contributed by atoms with Crippen LogP contribution in [0.5, 0.6) is 17.2 Å². The number of methoxy groups -OCH3 is 1. The zero-order valence-corrected chi connectivity index (χ0v) is 11.2. The fourth-order valence-corrected chi connectivity index (χ4v) is 2.02. The van der Waals surface area contributed by atoms with Gasteiger partial charge in [-0.15, -0.1) is 0 Å². The molecule has 0 fully saturated rings. The number of phenolic OH excluding ortho intramolecular Hbond substituents is 2. The number of rotatable bonds is 4. The molecule has 0 unspecified atom stereocenters. The summed E-state index contributed by atoms with van der Waals surface area (Å²) in [7, 11) is 1.42. The average molecular weight is 287 g/mol. The Morgan fingerprint density at radius 3 is 2.90 bits per heavy atom. The van der Waals surface area contributed by atoms with Crippen LogP contribution in [0.3, 0.4) is 0 Å². The summed E-state index contributed by atoms with van der Waals surface area (Å²) in [6, 6.07) is 2.80. The maximum Gasteiger partial charge on any atom is 0.182 e. The molecule has 0 bridgehead atoms. The number of nitrogens with zero attached hydrogens (tertiary/aromatic N) is 3. The molecule has 108 valence electrons. The van der Waals surface area contributed by atoms with E-state index >= 15 is 0 Å². The van der Waals surface area contributed by atoms with E-state index in [0.717, 1.165) is 0 Å². The number of benzene rings is 1. The summed E-state index contributed by atoms with van der Waals surface area (Å²) in [5, 5.41) is 22.7. The van der Waals surface area contributed by atoms with Gasteiger partial charge < -0.3 is 25.3 Å². The molecule has 21 heavy (non-hydrogen) atoms. The van der Waals surface area contributed by atoms with Crippen LogP contribution in [-0.2, 0) is 6.54 Å². The van der Waals surface area contributed by atoms with E-state index in [1.807, 2.05) is 0 Å². The van der Waals surface area contributed by atoms with Crippen molar-refractivity contribution in [3.63, 3.8) is 0 Å². The molecular weight excluding hydrogens is 274 g/mol. The number of aromatic hydroxyl groups is 2. The van der Waals surface area contributed by atoms with E-state index in [9.17, 15) is 10.2 Å². The Morgan fingerprint density at radius 1 is 1.24 bits per heavy atom. The number of anilines is 1. The molecule has 0 amide bonds. The predicted octanol–water partition coefficient (Wildman–Crippen LogP) is 1.38. The monoisotopic (exact) mass is 287 g/mol. The number of aromatic amines is 1. The fourth-order valence-electron chi connectivity index (χ4n) is 2.02. The highest BCUT2D eigenvalue weighted by Crippen LogP contribution is 2.34. The molecule has 3 aromatic rings. The lowest BCUT2D eigenvalue weighted by Gasteiger charge is -2.11. The molecule has 2 heterocycles. The Bertz CT molecular complexity index is 787. The highest BCUT2D eigenvalue weighted by molar-refractivity contribution is 5.81. The predicted molar refractivity (Wildman–Crippen MR) is 75.3 cm³/mol. The maximum absolute atomic E-state index is 10.0. The quantitative estimate of drug-likeness (QED) is 0.536. The van der Waals surface area contributed by atoms with Gasteiger partial charge >= 0.3 is 0 Å². The molecule has 0 aliphatic carbocycles. The molecule has 0 spiro atoms. The number of phenols is 2. The molecule has 0 saturated heterocycles. The van der Waals surface area contributed by atoms with Gasteiger partial charge in [-0.3, -0.25) is 0 Å². The average Bonchev–Trinajstić information content (AvgIpc) is 2.96. The van der Waals surface area contributed by atoms with Gasteiger partial charge in [0, 0.05) is 18.2 Å². The van der Waals surface area contributed by atoms with Crippen molar-refractivity contribution in [2.75, 3.05) is 12.4 Å². The summed E-state index contributed by atoms with van der Waals surface area (Å²) in [5.74, 6) is 0.744. The first kappa shape index (κ1) is 13.0. The molecule has 0 aliphatic heterocycles. The van der Waals surface area contributed by atoms with Crippen LogP contribution in [0, 0.1) is 0 Å². The summed E-state index contributed by atoms with van der Waals surface area (Å²) >= 11 is 0. The minimum atomic E-state index is -0.0299. The summed E-state index contributed by atoms with van der Waals surface area (Å²) in [6.45, 7) is 0.252. The maximum atomic E-state index is 10.0. The van der Waals surface area contributed by atoms with E-state index in [0.29, 0.717) is 22.5 Å². The Hall–Kier alpha value is -3.03. The van der Waals surface area contributed by atoms with Gasteiger partial charge in [0.15, 0.2) is 23.0 Å². The fraction of sp³-hybridized carbons (Fsp3) is 0.154. The van der Waals surface area contributed by atoms with Gasteiger partial charge in [-0.1, -0.05) is 0 Å². The number of hydrogen-bond acceptors (Lipinski definition) is 7. The standard InChI is InChI=1S/C13H13N5O3/c1-21-9-3-8(19)2-7(11(9)20)4-14-12-10-13(16-5-15-10)18-6-17-12/h2-3,5-6,19-20H,4H2,1H3,(H2,14,15,16,17,18). The van der Waals surface area contributed by atoms with E-state index in [1.165, 1.54) is 31.9 Å². The zero-order valence-electron chi connectivity index (χ0n) is 11.2. The molecule has 1 aromatic carbocycles. The second-order valence-corrected chi connectivity index (χ2v) is 4.33. The van der Waals surface area contributed by atoms with Crippen LogP contribution in [0.4, 0.5) is 5.82 Å². The van der Waals surface area contributed by atoms with Gasteiger partial charge in [-0.2, -0.15) is 0 Å². The molecule has 4 N–H and O–H groups in total. The zero-order chi connectivity index (χ0) is 14.8. The van der Waals surface area contributed by atoms with Crippen molar-refractivity contribution in [2.24, 2.45) is 0 Å². The third-order valence-electron chi connectivity index (χ3n) is 3.03. The summed E-state index contributed by atoms with van der Waals surface area (Å²) < 4.78 is 5.00. The van der Waals surface area contributed by atoms with Gasteiger partial charge in [0.1, 0.15) is 17.6 Å². The van der Waals surface area contributed by atoms with Crippen molar-refractivity contribution in [3.05, 3.63) is 30.4 Å². The van der Waals surface area contributed by atoms with Crippen LogP contribution in [-0.4, -0.2) is 37.3 Å². The lowest BCUT2D eigenvalue weighted by molar-refractivity contribution is 0.366. The number of imidazole rings is 1. The Balaban J connectivity index is 1.88. The Kier molecular flexibility index (Phi) is 3.19. The number of fused-ring (bicyclic) bond motifs is 1. The lowest BCUT2D eigenvalue weighted by Crippen LogP contribution is -2.03. The number of aromatic nitrogens is 4. The number of hydrogen-bond donors (Lipinski definition) is 4. The number of H-pyrrole nitrogens is 1. The van der Waals surface area contributed by atoms with Crippen LogP contribution in [0.2, 0.25) is 0 Å². The molecule has 0 aliphatic rings. The molecular formula is C13H13N5O3. The smallest absolute Gasteiger partial charge is 0.182 e. The van der Waals surface area contributed by atoms with Gasteiger partial charge in [-0.25, -0.2) is 15.0 Å². The molecule has 8 nitrogen and oxygen atoms in total. The van der Waals surface area contributed by atoms with Gasteiger partial charge in [-0.05, 0) is 6.07 Å². The van der Waals surface area contributed by atoms with Crippen molar-refractivity contribution in [1.82, 2.24) is 19.9 Å². The first-order valence-corrected chi connectivity index (χ1v) is 6.16. The van der Waals surface area contributed by atoms with Crippen molar-refractivity contribution in [3.8, 4) is 17.2 Å². The number of nitrogens with one attached hydrogen (secondary N) is 2. The Labute approximate surface area is 119 Å². The third-order valence-corrected chi connectivity index (χ3v) is 3.03. The molecule has 8 heteroatoms. The highest BCUT2D eigenvalue weighted by Gasteiger charge is 2.12. The first-order chi connectivity index (χ1) is 10.2. The van der Waals surface area contributed by atoms with Crippen LogP contribution < -0.4 is 10.1 Å². The summed E-state index contributed by atoms with van der Waals surface area (Å²) in [5.41, 5.74) is 1.70. The normalized spacial score (nSPS) is 10.7. The van der Waals surface area contributed by atoms with E-state index < -0.39 is 0 Å². The second kappa shape index (κ2) is 5.16. The van der Waals surface area contributed by atoms with Crippen molar-refractivity contribution in [2.45, 2.75) is 6.54 Å². The topological polar surface area (TPSA) is 116 Å². The summed E-state index contributed by atoms with van der Waals surface area (Å²) in [6.07, 6.45) is 2.92. The summed E-state index contributed by atoms with van der Waals surface area (Å²) in [4.78, 5) is 15.1. The molecule has 2 aromatic heterocycles. The largest absolute Gasteiger partial charge is 0.508 e. The van der Waals surface area contributed by atoms with Crippen molar-refractivity contribution >= 4 is 17.0 Å². The van der Waals surface area contributed by atoms with Gasteiger partial charge in [0.2, 0.25) is 0 Å². The van der Waals surface area contributed by atoms with Crippen LogP contribution in [0.15, 0.2) is 24.8 Å². The SMILES string of the molecule is COc1cc(O)cc(CNc2ncnc3nc[nH]c23)c1O. The van der Waals surface area contributed by atoms with E-state index in [1.54, 1.807) is 0 Å². The van der Waals surface area contributed by atoms with Crippen LogP contribution in [0.25, 0.3) is 11.2 Å². The van der Waals surface area contributed by atoms with Crippen LogP contribution in [0.1, 0.15) is 5.56 Å². The lowest BCUT2D eigenvalue weighted by atomic mass is 10.1. The third kappa shape index (κ3) is 2.38. The minimum absolute atomic E-state index is 0.0100. The second-order valence-electron chi connectivity index (χ2n) is 4.33. The van der Waals surface area contributed by atoms with Gasteiger partial charge in [0.25, 0.3) is 0 Å². The van der Waals surface area contributed by atoms with E-state index in [-0.39, 0.29) is 23.8 Å². The van der Waals surface area contributed by atoms with Crippen molar-refractivity contribution in [1.29, 1.82) is 0 Å². The minimum Gasteiger partial charge on any atom is -0.508 e. The van der Waals surface area contributed by atoms with E-state index in [2.05, 4.69) is 25.3 Å². The molecule has 0 atom stereocenters.